The third-order valence-electron chi connectivity index (χ3n) is 7.77. The Morgan fingerprint density at radius 1 is 0.745 bits per heavy atom. The van der Waals surface area contributed by atoms with Crippen molar-refractivity contribution < 1.29 is 39.8 Å². The monoisotopic (exact) mass is 661 g/mol. The molecule has 1 rings (SSSR count). The number of amides is 1. The summed E-state index contributed by atoms with van der Waals surface area (Å²) in [5.41, 5.74) is 0. The van der Waals surface area contributed by atoms with Crippen molar-refractivity contribution in [3.8, 4) is 0 Å². The molecule has 1 aliphatic heterocycles. The lowest BCUT2D eigenvalue weighted by molar-refractivity contribution is -0.302. The van der Waals surface area contributed by atoms with Crippen molar-refractivity contribution in [1.82, 2.24) is 5.32 Å². The van der Waals surface area contributed by atoms with Crippen LogP contribution >= 0.6 is 0 Å². The Balaban J connectivity index is 2.26. The topological polar surface area (TPSA) is 149 Å². The van der Waals surface area contributed by atoms with Crippen molar-refractivity contribution >= 4 is 5.91 Å². The van der Waals surface area contributed by atoms with Gasteiger partial charge in [-0.05, 0) is 57.8 Å². The molecule has 9 heteroatoms. The van der Waals surface area contributed by atoms with Gasteiger partial charge >= 0.3 is 0 Å². The lowest BCUT2D eigenvalue weighted by Crippen LogP contribution is -2.60. The van der Waals surface area contributed by atoms with E-state index in [4.69, 9.17) is 9.47 Å². The maximum Gasteiger partial charge on any atom is 0.220 e. The van der Waals surface area contributed by atoms with E-state index in [2.05, 4.69) is 73.0 Å². The van der Waals surface area contributed by atoms with E-state index in [1.165, 1.54) is 0 Å². The zero-order valence-corrected chi connectivity index (χ0v) is 28.7. The fourth-order valence-electron chi connectivity index (χ4n) is 4.89. The number of ether oxygens (including phenoxy) is 2. The molecular weight excluding hydrogens is 598 g/mol. The molecule has 0 radical (unpaired) electrons. The Hall–Kier alpha value is -2.37. The highest BCUT2D eigenvalue weighted by atomic mass is 16.7. The van der Waals surface area contributed by atoms with Crippen molar-refractivity contribution in [2.24, 2.45) is 0 Å². The minimum Gasteiger partial charge on any atom is -0.394 e. The molecule has 9 nitrogen and oxygen atoms in total. The van der Waals surface area contributed by atoms with Gasteiger partial charge in [0.2, 0.25) is 5.91 Å². The Kier molecular flexibility index (Phi) is 26.0. The number of nitrogens with one attached hydrogen (secondary N) is 1. The molecule has 0 saturated carbocycles. The van der Waals surface area contributed by atoms with Crippen LogP contribution in [-0.4, -0.2) is 87.5 Å². The highest BCUT2D eigenvalue weighted by molar-refractivity contribution is 5.76. The molecule has 0 aromatic heterocycles. The largest absolute Gasteiger partial charge is 0.394 e. The summed E-state index contributed by atoms with van der Waals surface area (Å²) >= 11 is 0. The Morgan fingerprint density at radius 2 is 1.32 bits per heavy atom. The second kappa shape index (κ2) is 28.6. The van der Waals surface area contributed by atoms with Gasteiger partial charge in [-0.1, -0.05) is 112 Å². The molecule has 0 aromatic rings. The molecule has 0 aromatic carbocycles. The molecule has 0 spiro atoms. The maximum atomic E-state index is 12.7. The molecule has 7 unspecified atom stereocenters. The summed E-state index contributed by atoms with van der Waals surface area (Å²) in [5, 5.41) is 53.1. The molecule has 1 aliphatic rings. The van der Waals surface area contributed by atoms with Crippen LogP contribution in [0, 0.1) is 0 Å². The van der Waals surface area contributed by atoms with Gasteiger partial charge in [0.15, 0.2) is 6.29 Å². The molecule has 268 valence electrons. The second-order valence-electron chi connectivity index (χ2n) is 11.9. The van der Waals surface area contributed by atoms with Gasteiger partial charge in [-0.2, -0.15) is 0 Å². The number of rotatable bonds is 26. The number of aliphatic hydroxyl groups excluding tert-OH is 5. The van der Waals surface area contributed by atoms with Crippen LogP contribution in [0.4, 0.5) is 0 Å². The summed E-state index contributed by atoms with van der Waals surface area (Å²) in [7, 11) is 0. The number of carbonyl (C=O) groups is 1. The number of aliphatic hydroxyl groups is 5. The molecule has 7 atom stereocenters. The van der Waals surface area contributed by atoms with Crippen LogP contribution in [-0.2, 0) is 14.3 Å². The first-order valence-electron chi connectivity index (χ1n) is 17.7. The molecule has 1 heterocycles. The maximum absolute atomic E-state index is 12.7. The summed E-state index contributed by atoms with van der Waals surface area (Å²) in [5.74, 6) is -0.214. The Morgan fingerprint density at radius 3 is 1.91 bits per heavy atom. The van der Waals surface area contributed by atoms with Crippen LogP contribution in [0.5, 0.6) is 0 Å². The van der Waals surface area contributed by atoms with Gasteiger partial charge in [0, 0.05) is 6.42 Å². The fourth-order valence-corrected chi connectivity index (χ4v) is 4.89. The molecule has 1 amide bonds. The number of carbonyl (C=O) groups excluding carboxylic acids is 1. The number of hydrogen-bond acceptors (Lipinski definition) is 8. The van der Waals surface area contributed by atoms with E-state index in [0.717, 1.165) is 83.5 Å². The smallest absolute Gasteiger partial charge is 0.220 e. The lowest BCUT2D eigenvalue weighted by atomic mass is 9.99. The highest BCUT2D eigenvalue weighted by Crippen LogP contribution is 2.22. The Bertz CT molecular complexity index is 957. The standard InChI is InChI=1S/C38H63NO8/c1-3-5-7-8-9-10-11-12-13-14-15-16-17-18-19-20-21-22-23-24-26-28-34(42)39-31(32(41)27-25-6-4-2)30-46-38-37(45)36(44)35(43)33(29-40)47-38/h5,7,9-10,12-13,15-16,18-19,25,27,31-33,35-38,40-41,43-45H,3-4,6,8,11,14,17,20-24,26,28-30H2,1-2H3,(H,39,42)/b7-5-,10-9-,13-12-,16-15-,19-18-,27-25+. The lowest BCUT2D eigenvalue weighted by Gasteiger charge is -2.40. The molecule has 1 saturated heterocycles. The zero-order valence-electron chi connectivity index (χ0n) is 28.7. The van der Waals surface area contributed by atoms with Crippen molar-refractivity contribution in [3.63, 3.8) is 0 Å². The van der Waals surface area contributed by atoms with Crippen LogP contribution in [0.3, 0.4) is 0 Å². The number of allylic oxidation sites excluding steroid dienone is 11. The van der Waals surface area contributed by atoms with E-state index < -0.39 is 49.5 Å². The third-order valence-corrected chi connectivity index (χ3v) is 7.77. The van der Waals surface area contributed by atoms with E-state index in [0.29, 0.717) is 6.42 Å². The molecule has 47 heavy (non-hydrogen) atoms. The predicted octanol–water partition coefficient (Wildman–Crippen LogP) is 5.49. The summed E-state index contributed by atoms with van der Waals surface area (Å²) in [4.78, 5) is 12.7. The summed E-state index contributed by atoms with van der Waals surface area (Å²) in [6, 6.07) is -0.813. The van der Waals surface area contributed by atoms with E-state index in [-0.39, 0.29) is 12.5 Å². The van der Waals surface area contributed by atoms with Crippen molar-refractivity contribution in [1.29, 1.82) is 0 Å². The second-order valence-corrected chi connectivity index (χ2v) is 11.9. The number of hydrogen-bond donors (Lipinski definition) is 6. The van der Waals surface area contributed by atoms with Crippen LogP contribution in [0.1, 0.15) is 104 Å². The minimum absolute atomic E-state index is 0.206. The molecule has 6 N–H and O–H groups in total. The van der Waals surface area contributed by atoms with Crippen molar-refractivity contribution in [3.05, 3.63) is 72.9 Å². The molecule has 0 aliphatic carbocycles. The van der Waals surface area contributed by atoms with Crippen LogP contribution in [0.15, 0.2) is 72.9 Å². The van der Waals surface area contributed by atoms with Gasteiger partial charge in [-0.3, -0.25) is 4.79 Å². The Labute approximate surface area is 283 Å². The van der Waals surface area contributed by atoms with Gasteiger partial charge in [0.1, 0.15) is 24.4 Å². The molecule has 1 fully saturated rings. The number of unbranched alkanes of at least 4 members (excludes halogenated alkanes) is 6. The van der Waals surface area contributed by atoms with Crippen molar-refractivity contribution in [2.75, 3.05) is 13.2 Å². The molecule has 0 bridgehead atoms. The molecular formula is C38H63NO8. The van der Waals surface area contributed by atoms with Gasteiger partial charge in [-0.15, -0.1) is 0 Å². The van der Waals surface area contributed by atoms with Gasteiger partial charge < -0.3 is 40.3 Å². The first kappa shape index (κ1) is 42.7. The normalized spacial score (nSPS) is 23.8. The SMILES string of the molecule is CC/C=C\C/C=C\C/C=C\C/C=C\C/C=C\CCCCCCCC(=O)NC(COC1OC(CO)C(O)C(O)C1O)C(O)/C=C/CCC. The van der Waals surface area contributed by atoms with Gasteiger partial charge in [0.25, 0.3) is 0 Å². The van der Waals surface area contributed by atoms with Gasteiger partial charge in [0.05, 0.1) is 25.4 Å². The minimum atomic E-state index is -1.57. The quantitative estimate of drug-likeness (QED) is 0.0527. The van der Waals surface area contributed by atoms with E-state index in [1.54, 1.807) is 6.08 Å². The van der Waals surface area contributed by atoms with Crippen molar-refractivity contribution in [2.45, 2.75) is 147 Å². The predicted molar refractivity (Wildman–Crippen MR) is 188 cm³/mol. The van der Waals surface area contributed by atoms with E-state index >= 15 is 0 Å². The van der Waals surface area contributed by atoms with Crippen LogP contribution < -0.4 is 5.32 Å². The van der Waals surface area contributed by atoms with Crippen LogP contribution in [0.2, 0.25) is 0 Å². The average Bonchev–Trinajstić information content (AvgIpc) is 3.07. The van der Waals surface area contributed by atoms with Gasteiger partial charge in [-0.25, -0.2) is 0 Å². The average molecular weight is 662 g/mol. The summed E-state index contributed by atoms with van der Waals surface area (Å²) in [6.45, 7) is 3.38. The van der Waals surface area contributed by atoms with E-state index in [9.17, 15) is 30.3 Å². The summed E-state index contributed by atoms with van der Waals surface area (Å²) in [6.07, 6.45) is 30.3. The van der Waals surface area contributed by atoms with E-state index in [1.807, 2.05) is 13.0 Å². The first-order chi connectivity index (χ1) is 22.8. The van der Waals surface area contributed by atoms with Crippen LogP contribution in [0.25, 0.3) is 0 Å². The summed E-state index contributed by atoms with van der Waals surface area (Å²) < 4.78 is 11.0. The third kappa shape index (κ3) is 20.6. The fraction of sp³-hybridized carbons (Fsp3) is 0.658. The highest BCUT2D eigenvalue weighted by Gasteiger charge is 2.44. The first-order valence-corrected chi connectivity index (χ1v) is 17.7. The zero-order chi connectivity index (χ0) is 34.5.